The number of methoxy groups -OCH3 is 1. The molecule has 0 aromatic carbocycles. The van der Waals surface area contributed by atoms with Gasteiger partial charge in [-0.25, -0.2) is 0 Å². The minimum Gasteiger partial charge on any atom is -0.384 e. The Morgan fingerprint density at radius 1 is 1.40 bits per heavy atom. The largest absolute Gasteiger partial charge is 0.384 e. The van der Waals surface area contributed by atoms with E-state index in [9.17, 15) is 0 Å². The molecule has 0 aromatic rings. The van der Waals surface area contributed by atoms with Gasteiger partial charge in [0.1, 0.15) is 0 Å². The summed E-state index contributed by atoms with van der Waals surface area (Å²) in [6, 6.07) is 0. The van der Waals surface area contributed by atoms with E-state index in [1.54, 1.807) is 7.11 Å². The van der Waals surface area contributed by atoms with Crippen LogP contribution in [-0.4, -0.2) is 51.8 Å². The fourth-order valence-corrected chi connectivity index (χ4v) is 2.43. The lowest BCUT2D eigenvalue weighted by Gasteiger charge is -2.33. The summed E-state index contributed by atoms with van der Waals surface area (Å²) >= 11 is 0. The highest BCUT2D eigenvalue weighted by atomic mass is 16.5. The molecule has 1 aliphatic rings. The molecule has 0 radical (unpaired) electrons. The van der Waals surface area contributed by atoms with Crippen molar-refractivity contribution >= 4 is 0 Å². The molecule has 90 valence electrons. The highest BCUT2D eigenvalue weighted by Crippen LogP contribution is 2.17. The molecule has 1 fully saturated rings. The second-order valence-corrected chi connectivity index (χ2v) is 4.86. The van der Waals surface area contributed by atoms with Crippen LogP contribution in [0.5, 0.6) is 0 Å². The van der Waals surface area contributed by atoms with E-state index in [0.29, 0.717) is 0 Å². The SMILES string of the molecule is CNCC(C)CN1CCC(COC)CC1. The summed E-state index contributed by atoms with van der Waals surface area (Å²) in [6.07, 6.45) is 2.61. The lowest BCUT2D eigenvalue weighted by molar-refractivity contribution is 0.0937. The molecule has 3 heteroatoms. The van der Waals surface area contributed by atoms with Crippen molar-refractivity contribution in [2.75, 3.05) is 46.9 Å². The van der Waals surface area contributed by atoms with Gasteiger partial charge in [-0.1, -0.05) is 6.92 Å². The Morgan fingerprint density at radius 2 is 2.07 bits per heavy atom. The number of hydrogen-bond donors (Lipinski definition) is 1. The predicted molar refractivity (Wildman–Crippen MR) is 64.1 cm³/mol. The zero-order chi connectivity index (χ0) is 11.1. The first-order chi connectivity index (χ1) is 7.26. The average Bonchev–Trinajstić information content (AvgIpc) is 2.22. The van der Waals surface area contributed by atoms with E-state index in [0.717, 1.165) is 25.0 Å². The van der Waals surface area contributed by atoms with Crippen molar-refractivity contribution in [1.82, 2.24) is 10.2 Å². The Labute approximate surface area is 94.2 Å². The van der Waals surface area contributed by atoms with E-state index in [1.807, 2.05) is 7.05 Å². The first-order valence-electron chi connectivity index (χ1n) is 6.12. The number of ether oxygens (including phenoxy) is 1. The van der Waals surface area contributed by atoms with E-state index >= 15 is 0 Å². The number of likely N-dealkylation sites (tertiary alicyclic amines) is 1. The summed E-state index contributed by atoms with van der Waals surface area (Å²) in [5, 5.41) is 3.24. The Kier molecular flexibility index (Phi) is 6.22. The zero-order valence-corrected chi connectivity index (χ0v) is 10.5. The maximum atomic E-state index is 5.21. The average molecular weight is 214 g/mol. The molecule has 3 nitrogen and oxygen atoms in total. The van der Waals surface area contributed by atoms with Gasteiger partial charge in [0.05, 0.1) is 0 Å². The van der Waals surface area contributed by atoms with Crippen molar-refractivity contribution in [2.45, 2.75) is 19.8 Å². The molecule has 1 rings (SSSR count). The van der Waals surface area contributed by atoms with Gasteiger partial charge < -0.3 is 15.0 Å². The van der Waals surface area contributed by atoms with Crippen molar-refractivity contribution in [1.29, 1.82) is 0 Å². The van der Waals surface area contributed by atoms with Crippen LogP contribution in [0.25, 0.3) is 0 Å². The Balaban J connectivity index is 2.14. The molecule has 0 saturated carbocycles. The van der Waals surface area contributed by atoms with E-state index in [1.165, 1.54) is 32.5 Å². The highest BCUT2D eigenvalue weighted by Gasteiger charge is 2.19. The topological polar surface area (TPSA) is 24.5 Å². The lowest BCUT2D eigenvalue weighted by atomic mass is 9.97. The quantitative estimate of drug-likeness (QED) is 0.719. The van der Waals surface area contributed by atoms with Crippen molar-refractivity contribution in [3.05, 3.63) is 0 Å². The first-order valence-corrected chi connectivity index (χ1v) is 6.12. The number of piperidine rings is 1. The summed E-state index contributed by atoms with van der Waals surface area (Å²) in [5.41, 5.74) is 0. The van der Waals surface area contributed by atoms with Gasteiger partial charge in [-0.3, -0.25) is 0 Å². The molecule has 1 heterocycles. The number of nitrogens with one attached hydrogen (secondary N) is 1. The molecule has 1 atom stereocenters. The summed E-state index contributed by atoms with van der Waals surface area (Å²) in [5.74, 6) is 1.56. The van der Waals surface area contributed by atoms with Gasteiger partial charge in [0, 0.05) is 20.3 Å². The Morgan fingerprint density at radius 3 is 2.60 bits per heavy atom. The minimum atomic E-state index is 0.758. The van der Waals surface area contributed by atoms with Crippen LogP contribution < -0.4 is 5.32 Å². The Bertz CT molecular complexity index is 156. The summed E-state index contributed by atoms with van der Waals surface area (Å²) in [4.78, 5) is 2.59. The smallest absolute Gasteiger partial charge is 0.0491 e. The van der Waals surface area contributed by atoms with Gasteiger partial charge in [0.25, 0.3) is 0 Å². The van der Waals surface area contributed by atoms with E-state index in [2.05, 4.69) is 17.1 Å². The van der Waals surface area contributed by atoms with Crippen LogP contribution in [0.3, 0.4) is 0 Å². The van der Waals surface area contributed by atoms with Gasteiger partial charge in [0.15, 0.2) is 0 Å². The van der Waals surface area contributed by atoms with Crippen LogP contribution in [0.15, 0.2) is 0 Å². The standard InChI is InChI=1S/C12H26N2O/c1-11(8-13-2)9-14-6-4-12(5-7-14)10-15-3/h11-13H,4-10H2,1-3H3. The third-order valence-electron chi connectivity index (χ3n) is 3.23. The molecule has 1 N–H and O–H groups in total. The molecular formula is C12H26N2O. The van der Waals surface area contributed by atoms with Crippen LogP contribution in [0, 0.1) is 11.8 Å². The zero-order valence-electron chi connectivity index (χ0n) is 10.5. The fraction of sp³-hybridized carbons (Fsp3) is 1.00. The molecule has 1 saturated heterocycles. The molecule has 1 unspecified atom stereocenters. The van der Waals surface area contributed by atoms with Crippen molar-refractivity contribution in [2.24, 2.45) is 11.8 Å². The van der Waals surface area contributed by atoms with E-state index in [-0.39, 0.29) is 0 Å². The molecule has 0 spiro atoms. The van der Waals surface area contributed by atoms with Crippen molar-refractivity contribution < 1.29 is 4.74 Å². The van der Waals surface area contributed by atoms with Crippen molar-refractivity contribution in [3.8, 4) is 0 Å². The monoisotopic (exact) mass is 214 g/mol. The first kappa shape index (κ1) is 12.9. The van der Waals surface area contributed by atoms with Crippen LogP contribution in [0.4, 0.5) is 0 Å². The number of nitrogens with zero attached hydrogens (tertiary/aromatic N) is 1. The van der Waals surface area contributed by atoms with Gasteiger partial charge in [0.2, 0.25) is 0 Å². The molecule has 0 aliphatic carbocycles. The van der Waals surface area contributed by atoms with Gasteiger partial charge >= 0.3 is 0 Å². The Hall–Kier alpha value is -0.120. The second kappa shape index (κ2) is 7.20. The van der Waals surface area contributed by atoms with E-state index in [4.69, 9.17) is 4.74 Å². The second-order valence-electron chi connectivity index (χ2n) is 4.86. The third-order valence-corrected chi connectivity index (χ3v) is 3.23. The molecule has 0 bridgehead atoms. The summed E-state index contributed by atoms with van der Waals surface area (Å²) in [6.45, 7) is 8.13. The normalized spacial score (nSPS) is 21.8. The molecule has 15 heavy (non-hydrogen) atoms. The molecule has 0 aromatic heterocycles. The molecule has 1 aliphatic heterocycles. The fourth-order valence-electron chi connectivity index (χ4n) is 2.43. The third kappa shape index (κ3) is 4.96. The van der Waals surface area contributed by atoms with Gasteiger partial charge in [-0.2, -0.15) is 0 Å². The van der Waals surface area contributed by atoms with Gasteiger partial charge in [-0.15, -0.1) is 0 Å². The predicted octanol–water partition coefficient (Wildman–Crippen LogP) is 1.20. The maximum absolute atomic E-state index is 5.21. The minimum absolute atomic E-state index is 0.758. The van der Waals surface area contributed by atoms with Crippen LogP contribution in [0.2, 0.25) is 0 Å². The molecular weight excluding hydrogens is 188 g/mol. The van der Waals surface area contributed by atoms with Crippen LogP contribution in [-0.2, 0) is 4.74 Å². The lowest BCUT2D eigenvalue weighted by Crippen LogP contribution is -2.39. The van der Waals surface area contributed by atoms with Crippen molar-refractivity contribution in [3.63, 3.8) is 0 Å². The maximum Gasteiger partial charge on any atom is 0.0491 e. The summed E-state index contributed by atoms with van der Waals surface area (Å²) < 4.78 is 5.21. The van der Waals surface area contributed by atoms with Crippen LogP contribution in [0.1, 0.15) is 19.8 Å². The number of rotatable bonds is 6. The highest BCUT2D eigenvalue weighted by molar-refractivity contribution is 4.73. The van der Waals surface area contributed by atoms with Crippen LogP contribution >= 0.6 is 0 Å². The number of hydrogen-bond acceptors (Lipinski definition) is 3. The molecule has 0 amide bonds. The van der Waals surface area contributed by atoms with E-state index < -0.39 is 0 Å². The van der Waals surface area contributed by atoms with Gasteiger partial charge in [-0.05, 0) is 51.4 Å². The summed E-state index contributed by atoms with van der Waals surface area (Å²) in [7, 11) is 3.84.